The van der Waals surface area contributed by atoms with Gasteiger partial charge in [0.1, 0.15) is 12.2 Å². The van der Waals surface area contributed by atoms with Gasteiger partial charge in [-0.2, -0.15) is 18.0 Å². The van der Waals surface area contributed by atoms with Crippen LogP contribution in [0.3, 0.4) is 0 Å². The third-order valence-electron chi connectivity index (χ3n) is 7.86. The molecule has 0 atom stereocenters. The lowest BCUT2D eigenvalue weighted by Gasteiger charge is -2.34. The first-order valence-corrected chi connectivity index (χ1v) is 14.2. The number of piperidine rings is 1. The van der Waals surface area contributed by atoms with Gasteiger partial charge in [-0.15, -0.1) is 10.2 Å². The summed E-state index contributed by atoms with van der Waals surface area (Å²) in [6, 6.07) is 11.0. The number of nitrogens with one attached hydrogen (secondary N) is 2. The van der Waals surface area contributed by atoms with Crippen LogP contribution in [0.2, 0.25) is 0 Å². The summed E-state index contributed by atoms with van der Waals surface area (Å²) in [5.41, 5.74) is -0.188. The van der Waals surface area contributed by atoms with E-state index in [0.29, 0.717) is 44.6 Å². The van der Waals surface area contributed by atoms with Gasteiger partial charge >= 0.3 is 6.18 Å². The van der Waals surface area contributed by atoms with Gasteiger partial charge in [-0.3, -0.25) is 14.9 Å². The quantitative estimate of drug-likeness (QED) is 0.265. The molecule has 1 aromatic heterocycles. The summed E-state index contributed by atoms with van der Waals surface area (Å²) in [7, 11) is 1.72. The Bertz CT molecular complexity index is 1420. The molecule has 15 heteroatoms. The number of nitro benzene ring substituents is 1. The van der Waals surface area contributed by atoms with Crippen molar-refractivity contribution >= 4 is 23.0 Å². The van der Waals surface area contributed by atoms with Crippen LogP contribution in [0.15, 0.2) is 42.5 Å². The molecule has 2 fully saturated rings. The molecular formula is C28H33F3N8O4. The number of benzene rings is 2. The second kappa shape index (κ2) is 12.9. The van der Waals surface area contributed by atoms with Gasteiger partial charge in [0.2, 0.25) is 11.7 Å². The number of aryl methyl sites for hydroxylation is 1. The first kappa shape index (κ1) is 30.2. The maximum absolute atomic E-state index is 13.3. The Morgan fingerprint density at radius 3 is 2.23 bits per heavy atom. The highest BCUT2D eigenvalue weighted by atomic mass is 19.4. The van der Waals surface area contributed by atoms with Crippen molar-refractivity contribution < 1.29 is 27.6 Å². The molecule has 5 rings (SSSR count). The van der Waals surface area contributed by atoms with Crippen molar-refractivity contribution in [2.75, 3.05) is 30.3 Å². The number of nitro groups is 1. The molecule has 230 valence electrons. The van der Waals surface area contributed by atoms with E-state index >= 15 is 0 Å². The highest BCUT2D eigenvalue weighted by molar-refractivity contribution is 5.77. The molecule has 1 aliphatic carbocycles. The standard InChI is InChI=1S/C28H33F3N8O4/c1-37-35-27(34-36-37)18-2-4-19(5-3-18)32-21-12-14-38(15-13-21)26(40)17-43-23-9-6-20(7-10-23)33-22-8-11-25(39(41)42)24(16-22)28(29,30)31/h2-5,8,11,16,20-21,23,32-33H,6-7,9-10,12-15,17H2,1H3. The monoisotopic (exact) mass is 602 g/mol. The van der Waals surface area contributed by atoms with Gasteiger partial charge in [-0.1, -0.05) is 0 Å². The minimum absolute atomic E-state index is 0.00394. The second-order valence-electron chi connectivity index (χ2n) is 10.9. The van der Waals surface area contributed by atoms with Crippen molar-refractivity contribution in [3.63, 3.8) is 0 Å². The van der Waals surface area contributed by atoms with E-state index < -0.39 is 22.4 Å². The van der Waals surface area contributed by atoms with Gasteiger partial charge in [0, 0.05) is 48.2 Å². The minimum atomic E-state index is -4.83. The number of aromatic nitrogens is 4. The molecule has 1 aliphatic heterocycles. The van der Waals surface area contributed by atoms with E-state index in [4.69, 9.17) is 4.74 Å². The van der Waals surface area contributed by atoms with Crippen LogP contribution in [0.1, 0.15) is 44.1 Å². The molecule has 0 bridgehead atoms. The number of alkyl halides is 3. The lowest BCUT2D eigenvalue weighted by molar-refractivity contribution is -0.388. The number of anilines is 2. The molecule has 2 heterocycles. The second-order valence-corrected chi connectivity index (χ2v) is 10.9. The summed E-state index contributed by atoms with van der Waals surface area (Å²) < 4.78 is 45.8. The summed E-state index contributed by atoms with van der Waals surface area (Å²) in [5, 5.41) is 29.6. The van der Waals surface area contributed by atoms with Crippen LogP contribution in [-0.4, -0.2) is 73.8 Å². The van der Waals surface area contributed by atoms with Crippen molar-refractivity contribution in [3.05, 3.63) is 58.1 Å². The maximum atomic E-state index is 13.3. The van der Waals surface area contributed by atoms with E-state index in [2.05, 4.69) is 26.0 Å². The zero-order valence-electron chi connectivity index (χ0n) is 23.6. The summed E-state index contributed by atoms with van der Waals surface area (Å²) in [6.07, 6.45) is -0.709. The first-order chi connectivity index (χ1) is 20.5. The van der Waals surface area contributed by atoms with Gasteiger partial charge in [-0.25, -0.2) is 0 Å². The van der Waals surface area contributed by atoms with Crippen LogP contribution in [0.5, 0.6) is 0 Å². The molecule has 0 spiro atoms. The Labute approximate surface area is 245 Å². The van der Waals surface area contributed by atoms with Gasteiger partial charge in [-0.05, 0) is 80.1 Å². The number of rotatable bonds is 9. The van der Waals surface area contributed by atoms with E-state index in [0.717, 1.165) is 36.2 Å². The normalized spacial score (nSPS) is 19.7. The Kier molecular flexibility index (Phi) is 9.08. The fourth-order valence-electron chi connectivity index (χ4n) is 5.53. The van der Waals surface area contributed by atoms with Gasteiger partial charge in [0.05, 0.1) is 18.1 Å². The van der Waals surface area contributed by atoms with E-state index in [1.54, 1.807) is 7.05 Å². The predicted molar refractivity (Wildman–Crippen MR) is 151 cm³/mol. The Hall–Kier alpha value is -4.27. The smallest absolute Gasteiger partial charge is 0.382 e. The zero-order chi connectivity index (χ0) is 30.6. The lowest BCUT2D eigenvalue weighted by Crippen LogP contribution is -2.44. The van der Waals surface area contributed by atoms with E-state index in [1.807, 2.05) is 29.2 Å². The molecule has 12 nitrogen and oxygen atoms in total. The molecular weight excluding hydrogens is 569 g/mol. The number of nitrogens with zero attached hydrogens (tertiary/aromatic N) is 6. The minimum Gasteiger partial charge on any atom is -0.382 e. The van der Waals surface area contributed by atoms with E-state index in [-0.39, 0.29) is 36.4 Å². The van der Waals surface area contributed by atoms with Crippen molar-refractivity contribution in [1.29, 1.82) is 0 Å². The molecule has 3 aromatic rings. The predicted octanol–water partition coefficient (Wildman–Crippen LogP) is 4.65. The number of halogens is 3. The topological polar surface area (TPSA) is 140 Å². The number of ether oxygens (including phenoxy) is 1. The highest BCUT2D eigenvalue weighted by Crippen LogP contribution is 2.38. The number of likely N-dealkylation sites (tertiary alicyclic amines) is 1. The van der Waals surface area contributed by atoms with Crippen molar-refractivity contribution in [2.45, 2.75) is 62.9 Å². The van der Waals surface area contributed by atoms with E-state index in [9.17, 15) is 28.1 Å². The molecule has 43 heavy (non-hydrogen) atoms. The highest BCUT2D eigenvalue weighted by Gasteiger charge is 2.38. The number of amides is 1. The van der Waals surface area contributed by atoms with Crippen LogP contribution in [0, 0.1) is 10.1 Å². The van der Waals surface area contributed by atoms with Gasteiger partial charge in [0.25, 0.3) is 5.69 Å². The number of carbonyl (C=O) groups excluding carboxylic acids is 1. The van der Waals surface area contributed by atoms with Crippen molar-refractivity contribution in [3.8, 4) is 11.4 Å². The van der Waals surface area contributed by atoms with E-state index in [1.165, 1.54) is 10.9 Å². The SMILES string of the molecule is Cn1nnc(-c2ccc(NC3CCN(C(=O)COC4CCC(Nc5ccc([N+](=O)[O-])c(C(F)(F)F)c5)CC4)CC3)cc2)n1. The van der Waals surface area contributed by atoms with Crippen LogP contribution in [0.4, 0.5) is 30.2 Å². The summed E-state index contributed by atoms with van der Waals surface area (Å²) in [4.78, 5) is 26.0. The van der Waals surface area contributed by atoms with Gasteiger partial charge < -0.3 is 20.3 Å². The number of tetrazole rings is 1. The fraction of sp³-hybridized carbons (Fsp3) is 0.500. The van der Waals surface area contributed by atoms with Gasteiger partial charge in [0.15, 0.2) is 0 Å². The third-order valence-corrected chi connectivity index (χ3v) is 7.86. The van der Waals surface area contributed by atoms with Crippen molar-refractivity contribution in [2.24, 2.45) is 7.05 Å². The molecule has 1 saturated carbocycles. The van der Waals surface area contributed by atoms with Crippen LogP contribution < -0.4 is 10.6 Å². The fourth-order valence-corrected chi connectivity index (χ4v) is 5.53. The first-order valence-electron chi connectivity index (χ1n) is 14.2. The average molecular weight is 603 g/mol. The summed E-state index contributed by atoms with van der Waals surface area (Å²) in [5.74, 6) is 0.517. The summed E-state index contributed by atoms with van der Waals surface area (Å²) >= 11 is 0. The molecule has 1 saturated heterocycles. The Morgan fingerprint density at radius 1 is 1.00 bits per heavy atom. The molecule has 2 aromatic carbocycles. The Balaban J connectivity index is 1.01. The summed E-state index contributed by atoms with van der Waals surface area (Å²) in [6.45, 7) is 1.26. The molecule has 1 amide bonds. The Morgan fingerprint density at radius 2 is 1.63 bits per heavy atom. The molecule has 2 aliphatic rings. The number of hydrogen-bond donors (Lipinski definition) is 2. The van der Waals surface area contributed by atoms with Crippen LogP contribution in [0.25, 0.3) is 11.4 Å². The largest absolute Gasteiger partial charge is 0.423 e. The van der Waals surface area contributed by atoms with Crippen molar-refractivity contribution in [1.82, 2.24) is 25.1 Å². The number of hydrogen-bond acceptors (Lipinski definition) is 9. The van der Waals surface area contributed by atoms with Crippen LogP contribution >= 0.6 is 0 Å². The average Bonchev–Trinajstić information content (AvgIpc) is 3.43. The lowest BCUT2D eigenvalue weighted by atomic mass is 9.92. The third kappa shape index (κ3) is 7.77. The molecule has 0 unspecified atom stereocenters. The zero-order valence-corrected chi connectivity index (χ0v) is 23.6. The van der Waals surface area contributed by atoms with Crippen LogP contribution in [-0.2, 0) is 22.8 Å². The molecule has 0 radical (unpaired) electrons. The maximum Gasteiger partial charge on any atom is 0.423 e. The number of carbonyl (C=O) groups is 1. The molecule has 2 N–H and O–H groups in total.